The predicted molar refractivity (Wildman–Crippen MR) is 102 cm³/mol. The molecule has 1 aliphatic heterocycles. The molecule has 7 heteroatoms. The SMILES string of the molecule is Cc1ccc(-c2nc3cnc4[nH]ccc4c3n2C2CCN(CCC#N)C2)o1. The van der Waals surface area contributed by atoms with E-state index in [-0.39, 0.29) is 6.04 Å². The van der Waals surface area contributed by atoms with Crippen LogP contribution >= 0.6 is 0 Å². The number of hydrogen-bond acceptors (Lipinski definition) is 5. The Labute approximate surface area is 156 Å². The molecule has 5 heterocycles. The summed E-state index contributed by atoms with van der Waals surface area (Å²) in [4.78, 5) is 14.9. The summed E-state index contributed by atoms with van der Waals surface area (Å²) in [5.74, 6) is 2.50. The molecule has 0 aromatic carbocycles. The minimum atomic E-state index is 0.287. The number of imidazole rings is 1. The first-order valence-corrected chi connectivity index (χ1v) is 9.25. The molecule has 0 bridgehead atoms. The van der Waals surface area contributed by atoms with Crippen LogP contribution in [-0.2, 0) is 0 Å². The third-order valence-corrected chi connectivity index (χ3v) is 5.35. The van der Waals surface area contributed by atoms with Crippen molar-refractivity contribution >= 4 is 22.1 Å². The highest BCUT2D eigenvalue weighted by atomic mass is 16.3. The Hall–Kier alpha value is -3.11. The third-order valence-electron chi connectivity index (χ3n) is 5.35. The fraction of sp³-hybridized carbons (Fsp3) is 0.350. The summed E-state index contributed by atoms with van der Waals surface area (Å²) in [6, 6.07) is 8.54. The molecule has 27 heavy (non-hydrogen) atoms. The van der Waals surface area contributed by atoms with E-state index in [0.717, 1.165) is 65.5 Å². The number of nitrogens with zero attached hydrogens (tertiary/aromatic N) is 5. The number of likely N-dealkylation sites (tertiary alicyclic amines) is 1. The van der Waals surface area contributed by atoms with Gasteiger partial charge in [0.05, 0.1) is 17.8 Å². The second-order valence-corrected chi connectivity index (χ2v) is 7.10. The number of H-pyrrole nitrogens is 1. The summed E-state index contributed by atoms with van der Waals surface area (Å²) >= 11 is 0. The lowest BCUT2D eigenvalue weighted by atomic mass is 10.2. The van der Waals surface area contributed by atoms with Gasteiger partial charge in [0.25, 0.3) is 0 Å². The first-order chi connectivity index (χ1) is 13.2. The highest BCUT2D eigenvalue weighted by Crippen LogP contribution is 2.36. The minimum absolute atomic E-state index is 0.287. The Bertz CT molecular complexity index is 1160. The van der Waals surface area contributed by atoms with Gasteiger partial charge in [-0.2, -0.15) is 5.26 Å². The van der Waals surface area contributed by atoms with Crippen LogP contribution in [0.3, 0.4) is 0 Å². The monoisotopic (exact) mass is 360 g/mol. The second kappa shape index (κ2) is 6.25. The molecule has 1 N–H and O–H groups in total. The van der Waals surface area contributed by atoms with Gasteiger partial charge in [0.1, 0.15) is 16.9 Å². The number of furan rings is 1. The Morgan fingerprint density at radius 2 is 2.30 bits per heavy atom. The van der Waals surface area contributed by atoms with E-state index < -0.39 is 0 Å². The van der Waals surface area contributed by atoms with Crippen molar-refractivity contribution in [1.29, 1.82) is 5.26 Å². The molecule has 0 radical (unpaired) electrons. The van der Waals surface area contributed by atoms with Crippen molar-refractivity contribution in [2.24, 2.45) is 0 Å². The van der Waals surface area contributed by atoms with Gasteiger partial charge in [-0.15, -0.1) is 0 Å². The Kier molecular flexibility index (Phi) is 3.73. The van der Waals surface area contributed by atoms with E-state index in [4.69, 9.17) is 14.7 Å². The fourth-order valence-corrected chi connectivity index (χ4v) is 4.11. The molecule has 4 aromatic rings. The molecular weight excluding hydrogens is 340 g/mol. The maximum atomic E-state index is 8.89. The minimum Gasteiger partial charge on any atom is -0.458 e. The number of aromatic nitrogens is 4. The van der Waals surface area contributed by atoms with Gasteiger partial charge < -0.3 is 18.9 Å². The molecule has 1 fully saturated rings. The number of fused-ring (bicyclic) bond motifs is 3. The van der Waals surface area contributed by atoms with Crippen LogP contribution in [0.1, 0.15) is 24.6 Å². The lowest BCUT2D eigenvalue weighted by Crippen LogP contribution is -2.22. The van der Waals surface area contributed by atoms with E-state index in [1.54, 1.807) is 0 Å². The van der Waals surface area contributed by atoms with Crippen molar-refractivity contribution in [3.63, 3.8) is 0 Å². The number of aromatic amines is 1. The first kappa shape index (κ1) is 16.1. The highest BCUT2D eigenvalue weighted by Gasteiger charge is 2.29. The molecule has 0 spiro atoms. The summed E-state index contributed by atoms with van der Waals surface area (Å²) in [5.41, 5.74) is 2.84. The smallest absolute Gasteiger partial charge is 0.177 e. The number of nitriles is 1. The fourth-order valence-electron chi connectivity index (χ4n) is 4.11. The molecule has 1 saturated heterocycles. The summed E-state index contributed by atoms with van der Waals surface area (Å²) in [6.45, 7) is 4.66. The topological polar surface area (TPSA) is 86.7 Å². The number of nitrogens with one attached hydrogen (secondary N) is 1. The maximum Gasteiger partial charge on any atom is 0.177 e. The van der Waals surface area contributed by atoms with Crippen LogP contribution in [0.4, 0.5) is 0 Å². The average Bonchev–Trinajstić information content (AvgIpc) is 3.43. The van der Waals surface area contributed by atoms with Crippen molar-refractivity contribution in [2.45, 2.75) is 25.8 Å². The van der Waals surface area contributed by atoms with Crippen molar-refractivity contribution in [1.82, 2.24) is 24.4 Å². The van der Waals surface area contributed by atoms with Crippen molar-refractivity contribution in [3.8, 4) is 17.7 Å². The van der Waals surface area contributed by atoms with Crippen LogP contribution < -0.4 is 0 Å². The zero-order valence-electron chi connectivity index (χ0n) is 15.1. The van der Waals surface area contributed by atoms with Crippen LogP contribution in [0.5, 0.6) is 0 Å². The van der Waals surface area contributed by atoms with Gasteiger partial charge in [-0.1, -0.05) is 0 Å². The highest BCUT2D eigenvalue weighted by molar-refractivity contribution is 6.02. The van der Waals surface area contributed by atoms with Gasteiger partial charge in [-0.3, -0.25) is 0 Å². The lowest BCUT2D eigenvalue weighted by Gasteiger charge is -2.18. The molecule has 5 rings (SSSR count). The van der Waals surface area contributed by atoms with Gasteiger partial charge in [0, 0.05) is 43.7 Å². The largest absolute Gasteiger partial charge is 0.458 e. The quantitative estimate of drug-likeness (QED) is 0.600. The molecule has 0 saturated carbocycles. The standard InChI is InChI=1S/C20H20N6O/c1-13-3-4-17(27-13)20-24-16-11-23-19-15(5-8-22-19)18(16)26(20)14-6-10-25(12-14)9-2-7-21/h3-5,8,11,14H,2,6,9-10,12H2,1H3,(H,22,23). The Morgan fingerprint density at radius 3 is 3.11 bits per heavy atom. The zero-order chi connectivity index (χ0) is 18.4. The predicted octanol–water partition coefficient (Wildman–Crippen LogP) is 3.64. The molecular formula is C20H20N6O. The first-order valence-electron chi connectivity index (χ1n) is 9.25. The zero-order valence-corrected chi connectivity index (χ0v) is 15.1. The van der Waals surface area contributed by atoms with Crippen LogP contribution in [0.2, 0.25) is 0 Å². The summed E-state index contributed by atoms with van der Waals surface area (Å²) in [5, 5.41) is 9.97. The Morgan fingerprint density at radius 1 is 1.37 bits per heavy atom. The molecule has 4 aromatic heterocycles. The van der Waals surface area contributed by atoms with Gasteiger partial charge in [0.2, 0.25) is 0 Å². The van der Waals surface area contributed by atoms with E-state index in [0.29, 0.717) is 6.42 Å². The van der Waals surface area contributed by atoms with Gasteiger partial charge >= 0.3 is 0 Å². The molecule has 1 aliphatic rings. The second-order valence-electron chi connectivity index (χ2n) is 7.10. The number of hydrogen-bond donors (Lipinski definition) is 1. The lowest BCUT2D eigenvalue weighted by molar-refractivity contribution is 0.332. The number of rotatable bonds is 4. The third kappa shape index (κ3) is 2.61. The molecule has 0 aliphatic carbocycles. The van der Waals surface area contributed by atoms with Crippen LogP contribution in [0.15, 0.2) is 35.0 Å². The van der Waals surface area contributed by atoms with E-state index in [1.165, 1.54) is 0 Å². The van der Waals surface area contributed by atoms with Crippen molar-refractivity contribution < 1.29 is 4.42 Å². The van der Waals surface area contributed by atoms with E-state index in [9.17, 15) is 0 Å². The Balaban J connectivity index is 1.68. The van der Waals surface area contributed by atoms with Gasteiger partial charge in [0.15, 0.2) is 11.6 Å². The van der Waals surface area contributed by atoms with E-state index in [2.05, 4.69) is 31.6 Å². The van der Waals surface area contributed by atoms with Crippen LogP contribution in [-0.4, -0.2) is 44.1 Å². The van der Waals surface area contributed by atoms with Crippen molar-refractivity contribution in [3.05, 3.63) is 36.4 Å². The summed E-state index contributed by atoms with van der Waals surface area (Å²) < 4.78 is 8.23. The van der Waals surface area contributed by atoms with Crippen molar-refractivity contribution in [2.75, 3.05) is 19.6 Å². The molecule has 7 nitrogen and oxygen atoms in total. The summed E-state index contributed by atoms with van der Waals surface area (Å²) in [7, 11) is 0. The molecule has 1 atom stereocenters. The molecule has 1 unspecified atom stereocenters. The van der Waals surface area contributed by atoms with Crippen LogP contribution in [0.25, 0.3) is 33.7 Å². The normalized spacial score (nSPS) is 17.9. The molecule has 0 amide bonds. The number of pyridine rings is 1. The van der Waals surface area contributed by atoms with Crippen LogP contribution in [0, 0.1) is 18.3 Å². The molecule has 136 valence electrons. The van der Waals surface area contributed by atoms with Gasteiger partial charge in [-0.05, 0) is 31.5 Å². The van der Waals surface area contributed by atoms with E-state index in [1.807, 2.05) is 31.5 Å². The van der Waals surface area contributed by atoms with E-state index >= 15 is 0 Å². The van der Waals surface area contributed by atoms with Gasteiger partial charge in [-0.25, -0.2) is 9.97 Å². The number of aryl methyl sites for hydroxylation is 1. The maximum absolute atomic E-state index is 8.89. The average molecular weight is 360 g/mol. The summed E-state index contributed by atoms with van der Waals surface area (Å²) in [6.07, 6.45) is 5.33.